The molecule has 7 nitrogen and oxygen atoms in total. The standard InChI is InChI=1S/C19H15F3N4O3S/c1-30-18-25-13(9-15(27)26-18)10-29-17(28)14-6-3-7-23-16(14)24-12-5-2-4-11(8-12)19(20,21)22/h2-9H,10H2,1H3,(H,23,24)(H,25,26,27). The number of aromatic nitrogens is 3. The fourth-order valence-corrected chi connectivity index (χ4v) is 2.86. The molecule has 0 aliphatic heterocycles. The molecule has 0 atom stereocenters. The van der Waals surface area contributed by atoms with E-state index in [-0.39, 0.29) is 34.9 Å². The number of carbonyl (C=O) groups excluding carboxylic acids is 1. The van der Waals surface area contributed by atoms with Crippen molar-refractivity contribution in [1.82, 2.24) is 15.0 Å². The first-order valence-electron chi connectivity index (χ1n) is 8.47. The van der Waals surface area contributed by atoms with Crippen molar-refractivity contribution in [2.24, 2.45) is 0 Å². The number of carbonyl (C=O) groups is 1. The van der Waals surface area contributed by atoms with Crippen LogP contribution in [0.5, 0.6) is 0 Å². The van der Waals surface area contributed by atoms with Gasteiger partial charge in [-0.2, -0.15) is 13.2 Å². The molecule has 3 rings (SSSR count). The van der Waals surface area contributed by atoms with E-state index in [2.05, 4.69) is 20.3 Å². The van der Waals surface area contributed by atoms with Gasteiger partial charge in [0.05, 0.1) is 11.3 Å². The highest BCUT2D eigenvalue weighted by Crippen LogP contribution is 2.31. The Bertz CT molecular complexity index is 1120. The van der Waals surface area contributed by atoms with Crippen LogP contribution in [0.4, 0.5) is 24.7 Å². The van der Waals surface area contributed by atoms with E-state index in [9.17, 15) is 22.8 Å². The highest BCUT2D eigenvalue weighted by atomic mass is 32.2. The van der Waals surface area contributed by atoms with E-state index in [0.29, 0.717) is 5.16 Å². The minimum Gasteiger partial charge on any atom is -0.455 e. The molecule has 0 radical (unpaired) electrons. The summed E-state index contributed by atoms with van der Waals surface area (Å²) in [5.74, 6) is -0.740. The molecule has 30 heavy (non-hydrogen) atoms. The van der Waals surface area contributed by atoms with Crippen molar-refractivity contribution in [2.75, 3.05) is 11.6 Å². The van der Waals surface area contributed by atoms with Crippen LogP contribution in [0.2, 0.25) is 0 Å². The molecule has 11 heteroatoms. The largest absolute Gasteiger partial charge is 0.455 e. The van der Waals surface area contributed by atoms with Gasteiger partial charge in [-0.25, -0.2) is 14.8 Å². The molecule has 0 bridgehead atoms. The lowest BCUT2D eigenvalue weighted by Crippen LogP contribution is -2.14. The number of halogens is 3. The average Bonchev–Trinajstić information content (AvgIpc) is 2.71. The van der Waals surface area contributed by atoms with E-state index in [1.807, 2.05) is 0 Å². The fraction of sp³-hybridized carbons (Fsp3) is 0.158. The lowest BCUT2D eigenvalue weighted by Gasteiger charge is -2.12. The Hall–Kier alpha value is -3.34. The first-order chi connectivity index (χ1) is 14.3. The van der Waals surface area contributed by atoms with Gasteiger partial charge in [0.15, 0.2) is 5.16 Å². The van der Waals surface area contributed by atoms with Crippen molar-refractivity contribution in [3.8, 4) is 0 Å². The minimum absolute atomic E-state index is 0.0184. The van der Waals surface area contributed by atoms with Gasteiger partial charge in [0.25, 0.3) is 5.56 Å². The Morgan fingerprint density at radius 2 is 2.03 bits per heavy atom. The lowest BCUT2D eigenvalue weighted by atomic mass is 10.2. The molecule has 2 heterocycles. The van der Waals surface area contributed by atoms with Gasteiger partial charge >= 0.3 is 12.1 Å². The van der Waals surface area contributed by atoms with E-state index in [1.165, 1.54) is 48.3 Å². The van der Waals surface area contributed by atoms with Crippen LogP contribution in [-0.2, 0) is 17.5 Å². The fourth-order valence-electron chi connectivity index (χ4n) is 2.45. The second-order valence-corrected chi connectivity index (χ2v) is 6.72. The Morgan fingerprint density at radius 3 is 2.77 bits per heavy atom. The second kappa shape index (κ2) is 8.99. The van der Waals surface area contributed by atoms with Crippen LogP contribution in [0.1, 0.15) is 21.6 Å². The molecular weight excluding hydrogens is 421 g/mol. The molecule has 0 fully saturated rings. The topological polar surface area (TPSA) is 97.0 Å². The van der Waals surface area contributed by atoms with Crippen molar-refractivity contribution in [3.05, 3.63) is 75.8 Å². The summed E-state index contributed by atoms with van der Waals surface area (Å²) in [7, 11) is 0. The number of esters is 1. The number of pyridine rings is 1. The molecule has 1 aromatic carbocycles. The van der Waals surface area contributed by atoms with Crippen molar-refractivity contribution >= 4 is 29.2 Å². The number of aromatic amines is 1. The molecular formula is C19H15F3N4O3S. The van der Waals surface area contributed by atoms with E-state index in [4.69, 9.17) is 4.74 Å². The Kier molecular flexibility index (Phi) is 6.40. The predicted molar refractivity (Wildman–Crippen MR) is 105 cm³/mol. The number of hydrogen-bond donors (Lipinski definition) is 2. The van der Waals surface area contributed by atoms with Crippen molar-refractivity contribution < 1.29 is 22.7 Å². The summed E-state index contributed by atoms with van der Waals surface area (Å²) in [5, 5.41) is 3.08. The number of nitrogens with zero attached hydrogens (tertiary/aromatic N) is 2. The summed E-state index contributed by atoms with van der Waals surface area (Å²) in [5.41, 5.74) is -0.831. The van der Waals surface area contributed by atoms with Crippen LogP contribution in [0.3, 0.4) is 0 Å². The van der Waals surface area contributed by atoms with Crippen LogP contribution in [0.25, 0.3) is 0 Å². The SMILES string of the molecule is CSc1nc(COC(=O)c2cccnc2Nc2cccc(C(F)(F)F)c2)cc(=O)[nH]1. The maximum absolute atomic E-state index is 12.9. The smallest absolute Gasteiger partial charge is 0.416 e. The first-order valence-corrected chi connectivity index (χ1v) is 9.69. The lowest BCUT2D eigenvalue weighted by molar-refractivity contribution is -0.137. The Balaban J connectivity index is 1.77. The zero-order chi connectivity index (χ0) is 21.7. The van der Waals surface area contributed by atoms with Gasteiger partial charge < -0.3 is 15.0 Å². The number of anilines is 2. The monoisotopic (exact) mass is 436 g/mol. The Morgan fingerprint density at radius 1 is 1.23 bits per heavy atom. The van der Waals surface area contributed by atoms with Gasteiger partial charge in [0.1, 0.15) is 18.0 Å². The molecule has 2 aromatic heterocycles. The van der Waals surface area contributed by atoms with Crippen molar-refractivity contribution in [3.63, 3.8) is 0 Å². The molecule has 0 saturated carbocycles. The Labute approximate surface area is 172 Å². The number of benzene rings is 1. The van der Waals surface area contributed by atoms with Gasteiger partial charge in [-0.1, -0.05) is 17.8 Å². The highest BCUT2D eigenvalue weighted by Gasteiger charge is 2.30. The number of alkyl halides is 3. The molecule has 0 amide bonds. The number of ether oxygens (including phenoxy) is 1. The van der Waals surface area contributed by atoms with E-state index < -0.39 is 17.7 Å². The number of H-pyrrole nitrogens is 1. The van der Waals surface area contributed by atoms with Gasteiger partial charge in [0.2, 0.25) is 0 Å². The number of rotatable bonds is 6. The zero-order valence-electron chi connectivity index (χ0n) is 15.5. The van der Waals surface area contributed by atoms with E-state index >= 15 is 0 Å². The van der Waals surface area contributed by atoms with Crippen molar-refractivity contribution in [1.29, 1.82) is 0 Å². The van der Waals surface area contributed by atoms with E-state index in [0.717, 1.165) is 12.1 Å². The molecule has 2 N–H and O–H groups in total. The second-order valence-electron chi connectivity index (χ2n) is 5.93. The summed E-state index contributed by atoms with van der Waals surface area (Å²) in [6.07, 6.45) is -1.38. The van der Waals surface area contributed by atoms with Gasteiger partial charge in [-0.15, -0.1) is 0 Å². The summed E-state index contributed by atoms with van der Waals surface area (Å²) in [6, 6.07) is 8.63. The normalized spacial score (nSPS) is 11.2. The van der Waals surface area contributed by atoms with Gasteiger partial charge in [-0.05, 0) is 36.6 Å². The molecule has 0 spiro atoms. The van der Waals surface area contributed by atoms with Crippen LogP contribution in [0.15, 0.2) is 58.6 Å². The quantitative estimate of drug-likeness (QED) is 0.342. The molecule has 0 aliphatic rings. The first kappa shape index (κ1) is 21.4. The summed E-state index contributed by atoms with van der Waals surface area (Å²) in [4.78, 5) is 34.8. The maximum Gasteiger partial charge on any atom is 0.416 e. The third kappa shape index (κ3) is 5.38. The zero-order valence-corrected chi connectivity index (χ0v) is 16.3. The van der Waals surface area contributed by atoms with Gasteiger partial charge in [-0.3, -0.25) is 4.79 Å². The predicted octanol–water partition coefficient (Wildman–Crippen LogP) is 4.01. The average molecular weight is 436 g/mol. The molecule has 3 aromatic rings. The minimum atomic E-state index is -4.50. The number of nitrogens with one attached hydrogen (secondary N) is 2. The molecule has 0 aliphatic carbocycles. The third-order valence-electron chi connectivity index (χ3n) is 3.80. The van der Waals surface area contributed by atoms with Crippen LogP contribution in [0, 0.1) is 0 Å². The van der Waals surface area contributed by atoms with Crippen LogP contribution < -0.4 is 10.9 Å². The van der Waals surface area contributed by atoms with Crippen LogP contribution in [-0.4, -0.2) is 27.2 Å². The molecule has 0 saturated heterocycles. The van der Waals surface area contributed by atoms with Crippen LogP contribution >= 0.6 is 11.8 Å². The number of hydrogen-bond acceptors (Lipinski definition) is 7. The summed E-state index contributed by atoms with van der Waals surface area (Å²) >= 11 is 1.23. The van der Waals surface area contributed by atoms with Gasteiger partial charge in [0, 0.05) is 18.0 Å². The molecule has 156 valence electrons. The molecule has 0 unspecified atom stereocenters. The maximum atomic E-state index is 12.9. The summed E-state index contributed by atoms with van der Waals surface area (Å²) in [6.45, 7) is -0.256. The number of thioether (sulfide) groups is 1. The van der Waals surface area contributed by atoms with Crippen molar-refractivity contribution in [2.45, 2.75) is 17.9 Å². The third-order valence-corrected chi connectivity index (χ3v) is 4.38. The summed E-state index contributed by atoms with van der Waals surface area (Å²) < 4.78 is 43.9. The highest BCUT2D eigenvalue weighted by molar-refractivity contribution is 7.98. The van der Waals surface area contributed by atoms with E-state index in [1.54, 1.807) is 6.26 Å².